The lowest BCUT2D eigenvalue weighted by Crippen LogP contribution is -2.32. The normalized spacial score (nSPS) is 12.7. The van der Waals surface area contributed by atoms with Gasteiger partial charge in [-0.1, -0.05) is 31.2 Å². The molecule has 0 saturated heterocycles. The van der Waals surface area contributed by atoms with Crippen molar-refractivity contribution in [3.05, 3.63) is 35.4 Å². The molecule has 1 aromatic carbocycles. The molecule has 1 rings (SSSR count). The predicted molar refractivity (Wildman–Crippen MR) is 65.2 cm³/mol. The first kappa shape index (κ1) is 13.2. The fourth-order valence-electron chi connectivity index (χ4n) is 1.62. The Kier molecular flexibility index (Phi) is 6.08. The summed E-state index contributed by atoms with van der Waals surface area (Å²) in [4.78, 5) is 0. The van der Waals surface area contributed by atoms with Gasteiger partial charge in [-0.05, 0) is 17.5 Å². The average Bonchev–Trinajstić information content (AvgIpc) is 2.34. The average molecular weight is 223 g/mol. The van der Waals surface area contributed by atoms with E-state index in [1.807, 2.05) is 18.2 Å². The second-order valence-corrected chi connectivity index (χ2v) is 3.92. The first-order valence-corrected chi connectivity index (χ1v) is 5.71. The van der Waals surface area contributed by atoms with E-state index in [0.29, 0.717) is 6.04 Å². The summed E-state index contributed by atoms with van der Waals surface area (Å²) in [5, 5.41) is 12.5. The standard InChI is InChI=1S/C13H21NO2/c1-3-13(10-16-2)14-8-11-5-4-6-12(7-11)9-15/h4-7,13-15H,3,8-10H2,1-2H3. The third kappa shape index (κ3) is 4.31. The van der Waals surface area contributed by atoms with Crippen molar-refractivity contribution in [2.24, 2.45) is 0 Å². The van der Waals surface area contributed by atoms with E-state index in [4.69, 9.17) is 9.84 Å². The Bertz CT molecular complexity index is 302. The van der Waals surface area contributed by atoms with Gasteiger partial charge in [0.2, 0.25) is 0 Å². The van der Waals surface area contributed by atoms with Crippen molar-refractivity contribution in [2.75, 3.05) is 13.7 Å². The Morgan fingerprint density at radius 2 is 2.12 bits per heavy atom. The quantitative estimate of drug-likeness (QED) is 0.739. The number of methoxy groups -OCH3 is 1. The molecule has 0 saturated carbocycles. The summed E-state index contributed by atoms with van der Waals surface area (Å²) in [6.07, 6.45) is 1.05. The van der Waals surface area contributed by atoms with Crippen LogP contribution in [-0.2, 0) is 17.9 Å². The first-order chi connectivity index (χ1) is 7.80. The lowest BCUT2D eigenvalue weighted by molar-refractivity contribution is 0.164. The number of aliphatic hydroxyl groups excluding tert-OH is 1. The van der Waals surface area contributed by atoms with E-state index in [1.54, 1.807) is 7.11 Å². The smallest absolute Gasteiger partial charge is 0.0681 e. The summed E-state index contributed by atoms with van der Waals surface area (Å²) in [7, 11) is 1.72. The summed E-state index contributed by atoms with van der Waals surface area (Å²) in [6.45, 7) is 3.79. The molecule has 1 unspecified atom stereocenters. The van der Waals surface area contributed by atoms with E-state index in [2.05, 4.69) is 18.3 Å². The molecule has 2 N–H and O–H groups in total. The number of benzene rings is 1. The van der Waals surface area contributed by atoms with Gasteiger partial charge in [-0.2, -0.15) is 0 Å². The lowest BCUT2D eigenvalue weighted by atomic mass is 10.1. The third-order valence-corrected chi connectivity index (χ3v) is 2.63. The molecule has 0 bridgehead atoms. The van der Waals surface area contributed by atoms with Crippen molar-refractivity contribution in [2.45, 2.75) is 32.5 Å². The van der Waals surface area contributed by atoms with Gasteiger partial charge < -0.3 is 15.2 Å². The van der Waals surface area contributed by atoms with Crippen LogP contribution < -0.4 is 5.32 Å². The van der Waals surface area contributed by atoms with E-state index in [-0.39, 0.29) is 6.61 Å². The fourth-order valence-corrected chi connectivity index (χ4v) is 1.62. The van der Waals surface area contributed by atoms with Crippen LogP contribution in [0.25, 0.3) is 0 Å². The monoisotopic (exact) mass is 223 g/mol. The van der Waals surface area contributed by atoms with Gasteiger partial charge in [0.1, 0.15) is 0 Å². The predicted octanol–water partition coefficient (Wildman–Crippen LogP) is 1.69. The van der Waals surface area contributed by atoms with Crippen LogP contribution in [0.4, 0.5) is 0 Å². The molecule has 0 amide bonds. The molecule has 0 spiro atoms. The van der Waals surface area contributed by atoms with Crippen molar-refractivity contribution >= 4 is 0 Å². The zero-order valence-electron chi connectivity index (χ0n) is 10.1. The minimum atomic E-state index is 0.100. The number of hydrogen-bond acceptors (Lipinski definition) is 3. The van der Waals surface area contributed by atoms with E-state index < -0.39 is 0 Å². The van der Waals surface area contributed by atoms with Crippen molar-refractivity contribution in [3.8, 4) is 0 Å². The van der Waals surface area contributed by atoms with Crippen LogP contribution >= 0.6 is 0 Å². The summed E-state index contributed by atoms with van der Waals surface area (Å²) in [6, 6.07) is 8.37. The minimum Gasteiger partial charge on any atom is -0.392 e. The van der Waals surface area contributed by atoms with E-state index in [0.717, 1.165) is 25.1 Å². The van der Waals surface area contributed by atoms with E-state index >= 15 is 0 Å². The van der Waals surface area contributed by atoms with Crippen LogP contribution in [0.5, 0.6) is 0 Å². The molecule has 0 aliphatic carbocycles. The van der Waals surface area contributed by atoms with Gasteiger partial charge in [0.25, 0.3) is 0 Å². The van der Waals surface area contributed by atoms with Crippen molar-refractivity contribution in [3.63, 3.8) is 0 Å². The second-order valence-electron chi connectivity index (χ2n) is 3.92. The number of aliphatic hydroxyl groups is 1. The van der Waals surface area contributed by atoms with Crippen LogP contribution in [0.1, 0.15) is 24.5 Å². The van der Waals surface area contributed by atoms with Crippen LogP contribution in [0, 0.1) is 0 Å². The number of hydrogen-bond donors (Lipinski definition) is 2. The molecule has 0 aliphatic heterocycles. The van der Waals surface area contributed by atoms with Crippen LogP contribution in [0.3, 0.4) is 0 Å². The first-order valence-electron chi connectivity index (χ1n) is 5.71. The highest BCUT2D eigenvalue weighted by Gasteiger charge is 2.04. The van der Waals surface area contributed by atoms with Gasteiger partial charge in [0.15, 0.2) is 0 Å². The SMILES string of the molecule is CCC(COC)NCc1cccc(CO)c1. The maximum absolute atomic E-state index is 9.03. The molecule has 0 radical (unpaired) electrons. The molecular weight excluding hydrogens is 202 g/mol. The minimum absolute atomic E-state index is 0.100. The van der Waals surface area contributed by atoms with E-state index in [9.17, 15) is 0 Å². The largest absolute Gasteiger partial charge is 0.392 e. The molecule has 0 fully saturated rings. The van der Waals surface area contributed by atoms with E-state index in [1.165, 1.54) is 5.56 Å². The molecule has 16 heavy (non-hydrogen) atoms. The van der Waals surface area contributed by atoms with Crippen LogP contribution in [0.2, 0.25) is 0 Å². The van der Waals surface area contributed by atoms with Crippen LogP contribution in [0.15, 0.2) is 24.3 Å². The maximum atomic E-state index is 9.03. The zero-order valence-corrected chi connectivity index (χ0v) is 10.1. The molecular formula is C13H21NO2. The van der Waals surface area contributed by atoms with Crippen molar-refractivity contribution in [1.29, 1.82) is 0 Å². The third-order valence-electron chi connectivity index (χ3n) is 2.63. The van der Waals surface area contributed by atoms with Gasteiger partial charge in [0.05, 0.1) is 13.2 Å². The molecule has 3 heteroatoms. The highest BCUT2D eigenvalue weighted by atomic mass is 16.5. The Hall–Kier alpha value is -0.900. The summed E-state index contributed by atoms with van der Waals surface area (Å²) in [5.74, 6) is 0. The Balaban J connectivity index is 2.46. The molecule has 1 aromatic rings. The summed E-state index contributed by atoms with van der Waals surface area (Å²) in [5.41, 5.74) is 2.15. The topological polar surface area (TPSA) is 41.5 Å². The Labute approximate surface area is 97.4 Å². The maximum Gasteiger partial charge on any atom is 0.0681 e. The zero-order chi connectivity index (χ0) is 11.8. The number of nitrogens with one attached hydrogen (secondary N) is 1. The highest BCUT2D eigenvalue weighted by molar-refractivity contribution is 5.22. The molecule has 3 nitrogen and oxygen atoms in total. The molecule has 0 aromatic heterocycles. The summed E-state index contributed by atoms with van der Waals surface area (Å²) < 4.78 is 5.13. The highest BCUT2D eigenvalue weighted by Crippen LogP contribution is 2.05. The molecule has 90 valence electrons. The molecule has 1 atom stereocenters. The lowest BCUT2D eigenvalue weighted by Gasteiger charge is -2.16. The van der Waals surface area contributed by atoms with Gasteiger partial charge in [-0.3, -0.25) is 0 Å². The number of ether oxygens (including phenoxy) is 1. The van der Waals surface area contributed by atoms with Crippen molar-refractivity contribution in [1.82, 2.24) is 5.32 Å². The van der Waals surface area contributed by atoms with Crippen molar-refractivity contribution < 1.29 is 9.84 Å². The molecule has 0 heterocycles. The van der Waals surface area contributed by atoms with Crippen LogP contribution in [-0.4, -0.2) is 24.9 Å². The van der Waals surface area contributed by atoms with Gasteiger partial charge >= 0.3 is 0 Å². The van der Waals surface area contributed by atoms with Gasteiger partial charge in [0, 0.05) is 19.7 Å². The fraction of sp³-hybridized carbons (Fsp3) is 0.538. The molecule has 0 aliphatic rings. The Morgan fingerprint density at radius 3 is 2.75 bits per heavy atom. The second kappa shape index (κ2) is 7.39. The summed E-state index contributed by atoms with van der Waals surface area (Å²) >= 11 is 0. The number of rotatable bonds is 7. The Morgan fingerprint density at radius 1 is 1.38 bits per heavy atom. The van der Waals surface area contributed by atoms with Gasteiger partial charge in [-0.15, -0.1) is 0 Å². The van der Waals surface area contributed by atoms with Gasteiger partial charge in [-0.25, -0.2) is 0 Å².